The minimum atomic E-state index is -0.851. The molecule has 0 aromatic rings. The third-order valence-electron chi connectivity index (χ3n) is 1.23. The van der Waals surface area contributed by atoms with Crippen LogP contribution in [-0.2, 0) is 15.6 Å². The maximum Gasteiger partial charge on any atom is 0.234 e. The van der Waals surface area contributed by atoms with Crippen molar-refractivity contribution in [3.05, 3.63) is 0 Å². The molecule has 0 rings (SSSR count). The quantitative estimate of drug-likeness (QED) is 0.593. The van der Waals surface area contributed by atoms with E-state index in [4.69, 9.17) is 0 Å². The number of amides is 1. The summed E-state index contributed by atoms with van der Waals surface area (Å²) in [6, 6.07) is -0.0170. The van der Waals surface area contributed by atoms with Crippen molar-refractivity contribution in [2.75, 3.05) is 25.6 Å². The lowest BCUT2D eigenvalue weighted by Gasteiger charge is -2.11. The van der Waals surface area contributed by atoms with E-state index < -0.39 is 10.8 Å². The molecule has 0 radical (unpaired) electrons. The van der Waals surface area contributed by atoms with Crippen molar-refractivity contribution in [3.8, 4) is 0 Å². The molecule has 0 aromatic heterocycles. The van der Waals surface area contributed by atoms with Gasteiger partial charge in [0.2, 0.25) is 5.91 Å². The molecule has 0 saturated carbocycles. The first-order chi connectivity index (χ1) is 5.56. The molecule has 1 amide bonds. The summed E-state index contributed by atoms with van der Waals surface area (Å²) in [6.45, 7) is 2.15. The molecule has 2 atom stereocenters. The van der Waals surface area contributed by atoms with Gasteiger partial charge in [-0.3, -0.25) is 9.00 Å². The van der Waals surface area contributed by atoms with Gasteiger partial charge in [-0.25, -0.2) is 0 Å². The Balaban J connectivity index is 3.61. The van der Waals surface area contributed by atoms with E-state index in [9.17, 15) is 9.00 Å². The van der Waals surface area contributed by atoms with Crippen LogP contribution in [0.3, 0.4) is 0 Å². The van der Waals surface area contributed by atoms with Gasteiger partial charge < -0.3 is 10.6 Å². The zero-order valence-corrected chi connectivity index (χ0v) is 8.53. The minimum absolute atomic E-state index is 0.0170. The Morgan fingerprint density at radius 3 is 2.58 bits per heavy atom. The van der Waals surface area contributed by atoms with Crippen LogP contribution >= 0.6 is 0 Å². The van der Waals surface area contributed by atoms with Gasteiger partial charge in [0, 0.05) is 28.9 Å². The first-order valence-corrected chi connectivity index (χ1v) is 5.53. The van der Waals surface area contributed by atoms with Gasteiger partial charge in [-0.1, -0.05) is 0 Å². The van der Waals surface area contributed by atoms with E-state index in [1.807, 2.05) is 6.92 Å². The first kappa shape index (κ1) is 11.6. The molecule has 0 heterocycles. The van der Waals surface area contributed by atoms with Crippen molar-refractivity contribution in [1.82, 2.24) is 10.6 Å². The lowest BCUT2D eigenvalue weighted by Crippen LogP contribution is -2.40. The molecule has 0 spiro atoms. The second kappa shape index (κ2) is 6.14. The van der Waals surface area contributed by atoms with Crippen LogP contribution in [0, 0.1) is 0 Å². The van der Waals surface area contributed by atoms with Crippen LogP contribution in [-0.4, -0.2) is 41.8 Å². The van der Waals surface area contributed by atoms with Gasteiger partial charge in [0.05, 0.1) is 6.54 Å². The SMILES string of the molecule is CNCC(=O)NC(C)CS(C)=O. The minimum Gasteiger partial charge on any atom is -0.352 e. The van der Waals surface area contributed by atoms with Crippen molar-refractivity contribution in [3.63, 3.8) is 0 Å². The van der Waals surface area contributed by atoms with Crippen molar-refractivity contribution in [2.24, 2.45) is 0 Å². The molecular formula is C7H16N2O2S. The van der Waals surface area contributed by atoms with Crippen LogP contribution in [0.25, 0.3) is 0 Å². The average Bonchev–Trinajstić information content (AvgIpc) is 1.84. The third kappa shape index (κ3) is 6.30. The van der Waals surface area contributed by atoms with Crippen LogP contribution in [0.5, 0.6) is 0 Å². The summed E-state index contributed by atoms with van der Waals surface area (Å²) >= 11 is 0. The fraction of sp³-hybridized carbons (Fsp3) is 0.857. The lowest BCUT2D eigenvalue weighted by molar-refractivity contribution is -0.120. The molecule has 0 aliphatic heterocycles. The molecular weight excluding hydrogens is 176 g/mol. The number of carbonyl (C=O) groups is 1. The van der Waals surface area contributed by atoms with Crippen molar-refractivity contribution >= 4 is 16.7 Å². The van der Waals surface area contributed by atoms with Crippen LogP contribution in [0.2, 0.25) is 0 Å². The predicted molar refractivity (Wildman–Crippen MR) is 50.5 cm³/mol. The average molecular weight is 192 g/mol. The predicted octanol–water partition coefficient (Wildman–Crippen LogP) is -0.911. The number of likely N-dealkylation sites (N-methyl/N-ethyl adjacent to an activating group) is 1. The van der Waals surface area contributed by atoms with Gasteiger partial charge >= 0.3 is 0 Å². The summed E-state index contributed by atoms with van der Waals surface area (Å²) in [5, 5.41) is 5.46. The Morgan fingerprint density at radius 2 is 2.17 bits per heavy atom. The molecule has 5 heteroatoms. The van der Waals surface area contributed by atoms with Gasteiger partial charge in [-0.15, -0.1) is 0 Å². The fourth-order valence-electron chi connectivity index (χ4n) is 0.880. The Bertz CT molecular complexity index is 173. The maximum atomic E-state index is 11.0. The monoisotopic (exact) mass is 192 g/mol. The molecule has 0 aromatic carbocycles. The molecule has 0 saturated heterocycles. The normalized spacial score (nSPS) is 15.2. The Hall–Kier alpha value is -0.420. The highest BCUT2D eigenvalue weighted by Crippen LogP contribution is 1.84. The van der Waals surface area contributed by atoms with Gasteiger partial charge in [-0.05, 0) is 14.0 Å². The highest BCUT2D eigenvalue weighted by Gasteiger charge is 2.06. The van der Waals surface area contributed by atoms with Gasteiger partial charge in [-0.2, -0.15) is 0 Å². The van der Waals surface area contributed by atoms with Crippen LogP contribution in [0.15, 0.2) is 0 Å². The standard InChI is InChI=1S/C7H16N2O2S/c1-6(5-12(3)11)9-7(10)4-8-2/h6,8H,4-5H2,1-3H3,(H,9,10). The lowest BCUT2D eigenvalue weighted by atomic mass is 10.4. The molecule has 0 aliphatic carbocycles. The molecule has 4 nitrogen and oxygen atoms in total. The summed E-state index contributed by atoms with van der Waals surface area (Å²) in [6.07, 6.45) is 1.63. The van der Waals surface area contributed by atoms with E-state index in [1.54, 1.807) is 13.3 Å². The smallest absolute Gasteiger partial charge is 0.234 e. The number of hydrogen-bond donors (Lipinski definition) is 2. The van der Waals surface area contributed by atoms with E-state index in [0.29, 0.717) is 12.3 Å². The summed E-state index contributed by atoms with van der Waals surface area (Å²) in [5.74, 6) is 0.450. The van der Waals surface area contributed by atoms with Crippen molar-refractivity contribution in [2.45, 2.75) is 13.0 Å². The molecule has 2 N–H and O–H groups in total. The molecule has 0 aliphatic rings. The number of carbonyl (C=O) groups excluding carboxylic acids is 1. The Kier molecular flexibility index (Phi) is 5.92. The van der Waals surface area contributed by atoms with Crippen LogP contribution in [0.4, 0.5) is 0 Å². The van der Waals surface area contributed by atoms with E-state index >= 15 is 0 Å². The van der Waals surface area contributed by atoms with Crippen LogP contribution < -0.4 is 10.6 Å². The second-order valence-electron chi connectivity index (χ2n) is 2.74. The highest BCUT2D eigenvalue weighted by atomic mass is 32.2. The highest BCUT2D eigenvalue weighted by molar-refractivity contribution is 7.84. The van der Waals surface area contributed by atoms with Crippen molar-refractivity contribution < 1.29 is 9.00 Å². The van der Waals surface area contributed by atoms with Gasteiger partial charge in [0.1, 0.15) is 0 Å². The van der Waals surface area contributed by atoms with E-state index in [1.165, 1.54) is 0 Å². The van der Waals surface area contributed by atoms with Gasteiger partial charge in [0.25, 0.3) is 0 Å². The second-order valence-corrected chi connectivity index (χ2v) is 4.22. The number of nitrogens with one attached hydrogen (secondary N) is 2. The Morgan fingerprint density at radius 1 is 1.58 bits per heavy atom. The third-order valence-corrected chi connectivity index (χ3v) is 2.20. The topological polar surface area (TPSA) is 58.2 Å². The summed E-state index contributed by atoms with van der Waals surface area (Å²) in [7, 11) is 0.859. The van der Waals surface area contributed by atoms with Crippen molar-refractivity contribution in [1.29, 1.82) is 0 Å². The molecule has 0 fully saturated rings. The van der Waals surface area contributed by atoms with Crippen LogP contribution in [0.1, 0.15) is 6.92 Å². The number of rotatable bonds is 5. The van der Waals surface area contributed by atoms with E-state index in [2.05, 4.69) is 10.6 Å². The molecule has 72 valence electrons. The zero-order valence-electron chi connectivity index (χ0n) is 7.72. The molecule has 12 heavy (non-hydrogen) atoms. The number of hydrogen-bond acceptors (Lipinski definition) is 3. The summed E-state index contributed by atoms with van der Waals surface area (Å²) in [5.41, 5.74) is 0. The maximum absolute atomic E-state index is 11.0. The van der Waals surface area contributed by atoms with E-state index in [0.717, 1.165) is 0 Å². The largest absolute Gasteiger partial charge is 0.352 e. The zero-order chi connectivity index (χ0) is 9.56. The van der Waals surface area contributed by atoms with Gasteiger partial charge in [0.15, 0.2) is 0 Å². The fourth-order valence-corrected chi connectivity index (χ4v) is 1.67. The summed E-state index contributed by atoms with van der Waals surface area (Å²) < 4.78 is 10.7. The van der Waals surface area contributed by atoms with E-state index in [-0.39, 0.29) is 11.9 Å². The molecule has 0 bridgehead atoms. The first-order valence-electron chi connectivity index (χ1n) is 3.80. The Labute approximate surface area is 75.6 Å². The molecule has 2 unspecified atom stereocenters. The summed E-state index contributed by atoms with van der Waals surface area (Å²) in [4.78, 5) is 11.0.